The summed E-state index contributed by atoms with van der Waals surface area (Å²) in [6.45, 7) is 10.6. The second-order valence-corrected chi connectivity index (χ2v) is 9.12. The summed E-state index contributed by atoms with van der Waals surface area (Å²) >= 11 is 0. The van der Waals surface area contributed by atoms with E-state index in [-0.39, 0.29) is 6.10 Å². The summed E-state index contributed by atoms with van der Waals surface area (Å²) in [5.41, 5.74) is 2.55. The van der Waals surface area contributed by atoms with Crippen molar-refractivity contribution in [3.05, 3.63) is 52.8 Å². The van der Waals surface area contributed by atoms with E-state index in [1.807, 2.05) is 0 Å². The first-order valence-corrected chi connectivity index (χ1v) is 10.1. The third-order valence-electron chi connectivity index (χ3n) is 4.31. The van der Waals surface area contributed by atoms with Crippen molar-refractivity contribution in [3.8, 4) is 0 Å². The van der Waals surface area contributed by atoms with Gasteiger partial charge in [-0.05, 0) is 33.9 Å². The molecule has 0 saturated heterocycles. The van der Waals surface area contributed by atoms with Crippen LogP contribution in [0.15, 0.2) is 47.2 Å². The number of rotatable bonds is 7. The summed E-state index contributed by atoms with van der Waals surface area (Å²) in [4.78, 5) is 0. The number of hydrogen-bond donors (Lipinski definition) is 1. The van der Waals surface area contributed by atoms with E-state index >= 15 is 0 Å². The largest absolute Gasteiger partial charge is 0.392 e. The van der Waals surface area contributed by atoms with Crippen LogP contribution < -0.4 is 0 Å². The Bertz CT molecular complexity index is 534. The summed E-state index contributed by atoms with van der Waals surface area (Å²) in [5, 5.41) is 15.3. The molecule has 1 heterocycles. The average Bonchev–Trinajstić information content (AvgIpc) is 2.94. The first kappa shape index (κ1) is 17.3. The van der Waals surface area contributed by atoms with Crippen molar-refractivity contribution in [2.24, 2.45) is 5.92 Å². The Balaban J connectivity index is 2.35. The highest BCUT2D eigenvalue weighted by Gasteiger charge is 2.32. The molecule has 0 saturated carbocycles. The van der Waals surface area contributed by atoms with Crippen molar-refractivity contribution < 1.29 is 5.11 Å². The zero-order valence-corrected chi connectivity index (χ0v) is 15.0. The lowest BCUT2D eigenvalue weighted by atomic mass is 10.1. The Morgan fingerprint density at radius 3 is 2.27 bits per heavy atom. The van der Waals surface area contributed by atoms with Gasteiger partial charge in [-0.25, -0.2) is 0 Å². The molecule has 1 aliphatic heterocycles. The van der Waals surface area contributed by atoms with Crippen molar-refractivity contribution in [2.45, 2.75) is 33.8 Å². The molecule has 2 atom stereocenters. The summed E-state index contributed by atoms with van der Waals surface area (Å²) in [6, 6.07) is 10.5. The highest BCUT2D eigenvalue weighted by atomic mass is 32.3. The first-order chi connectivity index (χ1) is 10.5. The molecule has 0 bridgehead atoms. The third-order valence-corrected chi connectivity index (χ3v) is 7.94. The van der Waals surface area contributed by atoms with E-state index < -0.39 is 10.2 Å². The fourth-order valence-electron chi connectivity index (χ4n) is 2.82. The third kappa shape index (κ3) is 3.65. The summed E-state index contributed by atoms with van der Waals surface area (Å²) in [7, 11) is -1.20. The molecule has 1 aromatic rings. The van der Waals surface area contributed by atoms with Crippen LogP contribution in [0.25, 0.3) is 5.57 Å². The van der Waals surface area contributed by atoms with Gasteiger partial charge in [0.05, 0.1) is 6.10 Å². The van der Waals surface area contributed by atoms with Gasteiger partial charge < -0.3 is 5.11 Å². The summed E-state index contributed by atoms with van der Waals surface area (Å²) < 4.78 is 2.52. The molecule has 122 valence electrons. The maximum atomic E-state index is 10.5. The molecule has 22 heavy (non-hydrogen) atoms. The minimum absolute atomic E-state index is 0.258. The summed E-state index contributed by atoms with van der Waals surface area (Å²) in [5.74, 6) is 1.13. The second-order valence-electron chi connectivity index (χ2n) is 6.14. The zero-order chi connectivity index (χ0) is 16.2. The molecular formula is C19H29NOS. The lowest BCUT2D eigenvalue weighted by molar-refractivity contribution is 0.147. The molecule has 2 rings (SSSR count). The molecule has 0 aromatic heterocycles. The van der Waals surface area contributed by atoms with E-state index in [2.05, 4.69) is 79.2 Å². The number of aliphatic hydroxyl groups excluding tert-OH is 1. The lowest BCUT2D eigenvalue weighted by Gasteiger charge is -2.44. The number of allylic oxidation sites excluding steroid dienone is 2. The van der Waals surface area contributed by atoms with Crippen molar-refractivity contribution in [3.63, 3.8) is 0 Å². The molecule has 3 heteroatoms. The van der Waals surface area contributed by atoms with Crippen LogP contribution in [0.1, 0.15) is 33.3 Å². The normalized spacial score (nSPS) is 25.3. The Labute approximate surface area is 137 Å². The molecule has 0 spiro atoms. The van der Waals surface area contributed by atoms with E-state index in [0.717, 1.165) is 18.8 Å². The van der Waals surface area contributed by atoms with Gasteiger partial charge >= 0.3 is 0 Å². The molecule has 1 aromatic carbocycles. The zero-order valence-electron chi connectivity index (χ0n) is 14.2. The minimum atomic E-state index is -1.20. The monoisotopic (exact) mass is 319 g/mol. The molecule has 0 radical (unpaired) electrons. The van der Waals surface area contributed by atoms with E-state index in [4.69, 9.17) is 0 Å². The van der Waals surface area contributed by atoms with Crippen LogP contribution in [0, 0.1) is 5.92 Å². The fraction of sp³-hybridized carbons (Fsp3) is 0.474. The average molecular weight is 320 g/mol. The summed E-state index contributed by atoms with van der Waals surface area (Å²) in [6.07, 6.45) is 1.99. The van der Waals surface area contributed by atoms with Crippen molar-refractivity contribution in [1.29, 1.82) is 0 Å². The quantitative estimate of drug-likeness (QED) is 0.792. The van der Waals surface area contributed by atoms with Crippen LogP contribution >= 0.6 is 10.2 Å². The second kappa shape index (κ2) is 7.49. The van der Waals surface area contributed by atoms with E-state index in [9.17, 15) is 5.11 Å². The van der Waals surface area contributed by atoms with Gasteiger partial charge in [0.15, 0.2) is 0 Å². The van der Waals surface area contributed by atoms with Gasteiger partial charge in [-0.1, -0.05) is 58.0 Å². The Kier molecular flexibility index (Phi) is 5.90. The Hall–Kier alpha value is -1.03. The van der Waals surface area contributed by atoms with E-state index in [1.165, 1.54) is 11.1 Å². The minimum Gasteiger partial charge on any atom is -0.392 e. The highest BCUT2D eigenvalue weighted by Crippen LogP contribution is 2.60. The van der Waals surface area contributed by atoms with Gasteiger partial charge in [0.25, 0.3) is 0 Å². The maximum Gasteiger partial charge on any atom is 0.0656 e. The lowest BCUT2D eigenvalue weighted by Crippen LogP contribution is -2.32. The van der Waals surface area contributed by atoms with E-state index in [1.54, 1.807) is 0 Å². The topological polar surface area (TPSA) is 23.5 Å². The first-order valence-electron chi connectivity index (χ1n) is 8.22. The van der Waals surface area contributed by atoms with Crippen LogP contribution in [0.5, 0.6) is 0 Å². The van der Waals surface area contributed by atoms with Crippen LogP contribution in [-0.4, -0.2) is 34.4 Å². The van der Waals surface area contributed by atoms with Crippen LogP contribution in [-0.2, 0) is 0 Å². The van der Waals surface area contributed by atoms with Gasteiger partial charge in [0.2, 0.25) is 0 Å². The number of benzene rings is 1. The molecular weight excluding hydrogens is 290 g/mol. The number of aliphatic hydroxyl groups is 1. The molecule has 1 N–H and O–H groups in total. The van der Waals surface area contributed by atoms with Crippen LogP contribution in [0.4, 0.5) is 0 Å². The van der Waals surface area contributed by atoms with Gasteiger partial charge in [0, 0.05) is 18.8 Å². The Morgan fingerprint density at radius 2 is 1.73 bits per heavy atom. The smallest absolute Gasteiger partial charge is 0.0656 e. The molecule has 2 unspecified atom stereocenters. The predicted molar refractivity (Wildman–Crippen MR) is 99.8 cm³/mol. The van der Waals surface area contributed by atoms with Crippen molar-refractivity contribution in [1.82, 2.24) is 4.31 Å². The van der Waals surface area contributed by atoms with E-state index in [0.29, 0.717) is 5.92 Å². The van der Waals surface area contributed by atoms with Crippen molar-refractivity contribution >= 4 is 15.8 Å². The van der Waals surface area contributed by atoms with Gasteiger partial charge in [-0.15, -0.1) is 10.2 Å². The van der Waals surface area contributed by atoms with Crippen molar-refractivity contribution in [2.75, 3.05) is 18.8 Å². The fourth-order valence-corrected chi connectivity index (χ4v) is 6.57. The van der Waals surface area contributed by atoms with Crippen LogP contribution in [0.3, 0.4) is 0 Å². The highest BCUT2D eigenvalue weighted by molar-refractivity contribution is 8.36. The van der Waals surface area contributed by atoms with Gasteiger partial charge in [0.1, 0.15) is 0 Å². The van der Waals surface area contributed by atoms with Gasteiger partial charge in [-0.2, -0.15) is 0 Å². The molecule has 0 aliphatic carbocycles. The number of hydrogen-bond acceptors (Lipinski definition) is 2. The maximum absolute atomic E-state index is 10.5. The molecule has 0 fully saturated rings. The SMILES string of the molecule is CCN(CC)S1(CC(O)C(C)C)C=CC(c2ccccc2)=C1. The predicted octanol–water partition coefficient (Wildman–Crippen LogP) is 4.63. The molecule has 1 aliphatic rings. The Morgan fingerprint density at radius 1 is 1.09 bits per heavy atom. The molecule has 0 amide bonds. The van der Waals surface area contributed by atoms with Gasteiger partial charge in [-0.3, -0.25) is 4.31 Å². The van der Waals surface area contributed by atoms with Crippen LogP contribution in [0.2, 0.25) is 0 Å². The number of nitrogens with zero attached hydrogens (tertiary/aromatic N) is 1. The standard InChI is InChI=1S/C19H29NOS/c1-5-20(6-2)22(15-19(21)16(3)4)13-12-18(14-22)17-10-8-7-9-11-17/h7-14,16,19,21H,5-6,15H2,1-4H3. The molecule has 2 nitrogen and oxygen atoms in total.